The normalized spacial score (nSPS) is 11.2. The first-order valence-corrected chi connectivity index (χ1v) is 9.44. The molecule has 0 radical (unpaired) electrons. The number of hydrogen-bond donors (Lipinski definition) is 2. The number of hydrogen-bond acceptors (Lipinski definition) is 4. The summed E-state index contributed by atoms with van der Waals surface area (Å²) in [5, 5.41) is 0. The topological polar surface area (TPSA) is 76.7 Å². The van der Waals surface area contributed by atoms with Gasteiger partial charge in [-0.3, -0.25) is 20.4 Å². The summed E-state index contributed by atoms with van der Waals surface area (Å²) in [5.41, 5.74) is 7.17. The van der Waals surface area contributed by atoms with Gasteiger partial charge < -0.3 is 9.47 Å². The van der Waals surface area contributed by atoms with Gasteiger partial charge in [-0.2, -0.15) is 0 Å². The fourth-order valence-corrected chi connectivity index (χ4v) is 2.59. The van der Waals surface area contributed by atoms with Crippen LogP contribution in [0.25, 0.3) is 6.08 Å². The molecule has 0 bridgehead atoms. The van der Waals surface area contributed by atoms with Crippen LogP contribution in [0.5, 0.6) is 11.5 Å². The number of nitrogens with one attached hydrogen (secondary N) is 2. The number of amides is 2. The molecule has 154 valence electrons. The van der Waals surface area contributed by atoms with Gasteiger partial charge >= 0.3 is 0 Å². The largest absolute Gasteiger partial charge is 0.493 e. The number of carbonyl (C=O) groups excluding carboxylic acids is 2. The summed E-state index contributed by atoms with van der Waals surface area (Å²) in [6.45, 7) is 8.71. The first-order valence-electron chi connectivity index (χ1n) is 9.44. The van der Waals surface area contributed by atoms with E-state index < -0.39 is 5.91 Å². The van der Waals surface area contributed by atoms with Crippen molar-refractivity contribution >= 4 is 17.9 Å². The van der Waals surface area contributed by atoms with E-state index in [0.29, 0.717) is 23.7 Å². The van der Waals surface area contributed by atoms with Crippen LogP contribution in [0.2, 0.25) is 0 Å². The van der Waals surface area contributed by atoms with Crippen molar-refractivity contribution in [1.29, 1.82) is 0 Å². The smallest absolute Gasteiger partial charge is 0.269 e. The van der Waals surface area contributed by atoms with Crippen molar-refractivity contribution in [3.8, 4) is 11.5 Å². The van der Waals surface area contributed by atoms with Gasteiger partial charge in [0.1, 0.15) is 0 Å². The van der Waals surface area contributed by atoms with Gasteiger partial charge in [0.15, 0.2) is 11.5 Å². The summed E-state index contributed by atoms with van der Waals surface area (Å²) >= 11 is 0. The maximum Gasteiger partial charge on any atom is 0.269 e. The van der Waals surface area contributed by atoms with E-state index in [4.69, 9.17) is 9.47 Å². The summed E-state index contributed by atoms with van der Waals surface area (Å²) in [6.07, 6.45) is 2.96. The van der Waals surface area contributed by atoms with Crippen LogP contribution in [0, 0.1) is 0 Å². The molecule has 6 heteroatoms. The van der Waals surface area contributed by atoms with Crippen molar-refractivity contribution < 1.29 is 19.1 Å². The third-order valence-corrected chi connectivity index (χ3v) is 4.23. The van der Waals surface area contributed by atoms with Crippen LogP contribution in [0.4, 0.5) is 0 Å². The van der Waals surface area contributed by atoms with Crippen LogP contribution in [0.1, 0.15) is 49.2 Å². The Morgan fingerprint density at radius 2 is 1.69 bits per heavy atom. The van der Waals surface area contributed by atoms with Crippen LogP contribution in [0.15, 0.2) is 48.5 Å². The number of methoxy groups -OCH3 is 1. The minimum Gasteiger partial charge on any atom is -0.493 e. The zero-order chi connectivity index (χ0) is 21.4. The monoisotopic (exact) mass is 396 g/mol. The molecule has 0 atom stereocenters. The second-order valence-corrected chi connectivity index (χ2v) is 7.45. The molecule has 0 fully saturated rings. The van der Waals surface area contributed by atoms with Gasteiger partial charge in [0.25, 0.3) is 11.8 Å². The minimum atomic E-state index is -0.446. The van der Waals surface area contributed by atoms with Crippen molar-refractivity contribution in [2.24, 2.45) is 0 Å². The summed E-state index contributed by atoms with van der Waals surface area (Å²) in [7, 11) is 1.57. The number of rotatable bonds is 6. The highest BCUT2D eigenvalue weighted by atomic mass is 16.5. The lowest BCUT2D eigenvalue weighted by Gasteiger charge is -2.19. The quantitative estimate of drug-likeness (QED) is 0.574. The predicted molar refractivity (Wildman–Crippen MR) is 114 cm³/mol. The van der Waals surface area contributed by atoms with Crippen molar-refractivity contribution in [3.05, 3.63) is 65.2 Å². The Morgan fingerprint density at radius 1 is 1.00 bits per heavy atom. The standard InChI is InChI=1S/C23H28N2O4/c1-6-29-20-15-16(7-13-19(20)28-5)8-14-21(26)24-25-22(27)17-9-11-18(12-10-17)23(2,3)4/h7-15H,6H2,1-5H3,(H,24,26)(H,25,27)/b14-8+. The Kier molecular flexibility index (Phi) is 7.42. The fourth-order valence-electron chi connectivity index (χ4n) is 2.59. The number of benzene rings is 2. The van der Waals surface area contributed by atoms with Gasteiger partial charge in [-0.1, -0.05) is 39.0 Å². The summed E-state index contributed by atoms with van der Waals surface area (Å²) in [5.74, 6) is 0.400. The van der Waals surface area contributed by atoms with Crippen LogP contribution >= 0.6 is 0 Å². The molecule has 2 rings (SSSR count). The first kappa shape index (κ1) is 22.0. The van der Waals surface area contributed by atoms with Crippen LogP contribution in [-0.2, 0) is 10.2 Å². The van der Waals surface area contributed by atoms with E-state index in [-0.39, 0.29) is 11.3 Å². The van der Waals surface area contributed by atoms with E-state index >= 15 is 0 Å². The molecule has 2 aromatic carbocycles. The number of carbonyl (C=O) groups is 2. The molecule has 0 aliphatic rings. The molecule has 0 heterocycles. The highest BCUT2D eigenvalue weighted by molar-refractivity contribution is 5.98. The van der Waals surface area contributed by atoms with Gasteiger partial charge in [-0.25, -0.2) is 0 Å². The second kappa shape index (κ2) is 9.78. The molecule has 6 nitrogen and oxygen atoms in total. The molecule has 0 saturated heterocycles. The van der Waals surface area contributed by atoms with Gasteiger partial charge in [0, 0.05) is 11.6 Å². The SMILES string of the molecule is CCOc1cc(/C=C/C(=O)NNC(=O)c2ccc(C(C)(C)C)cc2)ccc1OC. The zero-order valence-electron chi connectivity index (χ0n) is 17.5. The van der Waals surface area contributed by atoms with Gasteiger partial charge in [-0.05, 0) is 53.8 Å². The van der Waals surface area contributed by atoms with Crippen molar-refractivity contribution in [1.82, 2.24) is 10.9 Å². The highest BCUT2D eigenvalue weighted by Crippen LogP contribution is 2.28. The predicted octanol–water partition coefficient (Wildman–Crippen LogP) is 3.87. The molecule has 0 aliphatic carbocycles. The third kappa shape index (κ3) is 6.38. The second-order valence-electron chi connectivity index (χ2n) is 7.45. The molecule has 0 spiro atoms. The number of ether oxygens (including phenoxy) is 2. The maximum atomic E-state index is 12.2. The van der Waals surface area contributed by atoms with E-state index in [2.05, 4.69) is 31.6 Å². The molecule has 0 unspecified atom stereocenters. The Bertz CT molecular complexity index is 881. The molecule has 0 aliphatic heterocycles. The fraction of sp³-hybridized carbons (Fsp3) is 0.304. The van der Waals surface area contributed by atoms with Crippen LogP contribution < -0.4 is 20.3 Å². The highest BCUT2D eigenvalue weighted by Gasteiger charge is 2.14. The van der Waals surface area contributed by atoms with Crippen molar-refractivity contribution in [2.75, 3.05) is 13.7 Å². The van der Waals surface area contributed by atoms with Crippen LogP contribution in [-0.4, -0.2) is 25.5 Å². The molecular formula is C23H28N2O4. The number of hydrazine groups is 1. The molecule has 29 heavy (non-hydrogen) atoms. The van der Waals surface area contributed by atoms with Crippen LogP contribution in [0.3, 0.4) is 0 Å². The lowest BCUT2D eigenvalue weighted by Crippen LogP contribution is -2.40. The Balaban J connectivity index is 1.94. The Labute approximate surface area is 171 Å². The van der Waals surface area contributed by atoms with E-state index in [9.17, 15) is 9.59 Å². The van der Waals surface area contributed by atoms with E-state index in [1.165, 1.54) is 6.08 Å². The maximum absolute atomic E-state index is 12.2. The molecule has 2 N–H and O–H groups in total. The average molecular weight is 396 g/mol. The van der Waals surface area contributed by atoms with Gasteiger partial charge in [0.05, 0.1) is 13.7 Å². The zero-order valence-corrected chi connectivity index (χ0v) is 17.5. The van der Waals surface area contributed by atoms with Gasteiger partial charge in [-0.15, -0.1) is 0 Å². The summed E-state index contributed by atoms with van der Waals surface area (Å²) < 4.78 is 10.8. The van der Waals surface area contributed by atoms with Crippen molar-refractivity contribution in [2.45, 2.75) is 33.1 Å². The summed E-state index contributed by atoms with van der Waals surface area (Å²) in [4.78, 5) is 24.2. The average Bonchev–Trinajstić information content (AvgIpc) is 2.70. The Hall–Kier alpha value is -3.28. The molecule has 0 saturated carbocycles. The first-order chi connectivity index (χ1) is 13.7. The minimum absolute atomic E-state index is 0.0114. The van der Waals surface area contributed by atoms with E-state index in [1.54, 1.807) is 43.5 Å². The molecule has 0 aromatic heterocycles. The Morgan fingerprint density at radius 3 is 2.28 bits per heavy atom. The van der Waals surface area contributed by atoms with Gasteiger partial charge in [0.2, 0.25) is 0 Å². The van der Waals surface area contributed by atoms with Crippen molar-refractivity contribution in [3.63, 3.8) is 0 Å². The molecular weight excluding hydrogens is 368 g/mol. The lowest BCUT2D eigenvalue weighted by molar-refractivity contribution is -0.117. The molecule has 2 aromatic rings. The summed E-state index contributed by atoms with van der Waals surface area (Å²) in [6, 6.07) is 12.7. The molecule has 2 amide bonds. The van der Waals surface area contributed by atoms with E-state index in [0.717, 1.165) is 11.1 Å². The third-order valence-electron chi connectivity index (χ3n) is 4.23. The van der Waals surface area contributed by atoms with E-state index in [1.807, 2.05) is 19.1 Å². The lowest BCUT2D eigenvalue weighted by atomic mass is 9.87.